The Hall–Kier alpha value is -4.41. The van der Waals surface area contributed by atoms with Crippen molar-refractivity contribution in [3.8, 4) is 28.0 Å². The van der Waals surface area contributed by atoms with E-state index in [9.17, 15) is 14.7 Å². The molecule has 2 aliphatic rings. The monoisotopic (exact) mass is 711 g/mol. The van der Waals surface area contributed by atoms with Crippen LogP contribution < -0.4 is 15.4 Å². The summed E-state index contributed by atoms with van der Waals surface area (Å²) >= 11 is 14.0. The minimum Gasteiger partial charge on any atom is -0.496 e. The molecule has 50 heavy (non-hydrogen) atoms. The van der Waals surface area contributed by atoms with Gasteiger partial charge in [0.05, 0.1) is 30.4 Å². The molecule has 11 heteroatoms. The molecule has 9 nitrogen and oxygen atoms in total. The minimum atomic E-state index is -0.797. The van der Waals surface area contributed by atoms with Gasteiger partial charge in [0.15, 0.2) is 0 Å². The van der Waals surface area contributed by atoms with Crippen LogP contribution in [-0.4, -0.2) is 63.9 Å². The molecule has 1 amide bonds. The topological polar surface area (TPSA) is 109 Å². The first kappa shape index (κ1) is 34.1. The van der Waals surface area contributed by atoms with Crippen molar-refractivity contribution in [3.63, 3.8) is 0 Å². The Labute approximate surface area is 301 Å². The van der Waals surface area contributed by atoms with Gasteiger partial charge in [0.2, 0.25) is 5.91 Å². The molecule has 2 aliphatic heterocycles. The molecule has 2 atom stereocenters. The number of carboxylic acid groups (broad SMARTS) is 1. The van der Waals surface area contributed by atoms with Gasteiger partial charge < -0.3 is 20.5 Å². The fourth-order valence-corrected chi connectivity index (χ4v) is 7.78. The maximum atomic E-state index is 11.7. The second kappa shape index (κ2) is 14.8. The van der Waals surface area contributed by atoms with Crippen LogP contribution >= 0.6 is 23.2 Å². The Bertz CT molecular complexity index is 2050. The molecule has 7 rings (SSSR count). The number of rotatable bonds is 12. The predicted molar refractivity (Wildman–Crippen MR) is 197 cm³/mol. The van der Waals surface area contributed by atoms with Gasteiger partial charge in [-0.25, -0.2) is 0 Å². The van der Waals surface area contributed by atoms with Crippen LogP contribution in [0.25, 0.3) is 33.2 Å². The summed E-state index contributed by atoms with van der Waals surface area (Å²) < 4.78 is 7.67. The Morgan fingerprint density at radius 1 is 1.00 bits per heavy atom. The van der Waals surface area contributed by atoms with E-state index in [2.05, 4.69) is 41.0 Å². The van der Waals surface area contributed by atoms with E-state index in [-0.39, 0.29) is 11.9 Å². The zero-order valence-electron chi connectivity index (χ0n) is 27.8. The van der Waals surface area contributed by atoms with Crippen LogP contribution in [-0.2, 0) is 29.2 Å². The molecule has 0 saturated carbocycles. The Morgan fingerprint density at radius 3 is 2.54 bits per heavy atom. The largest absolute Gasteiger partial charge is 0.496 e. The fraction of sp³-hybridized carbons (Fsp3) is 0.308. The Morgan fingerprint density at radius 2 is 1.78 bits per heavy atom. The van der Waals surface area contributed by atoms with Crippen LogP contribution in [0.3, 0.4) is 0 Å². The number of ether oxygens (including phenoxy) is 1. The van der Waals surface area contributed by atoms with Gasteiger partial charge >= 0.3 is 5.97 Å². The molecule has 2 fully saturated rings. The van der Waals surface area contributed by atoms with Crippen LogP contribution in [0.2, 0.25) is 10.0 Å². The van der Waals surface area contributed by atoms with Gasteiger partial charge in [-0.3, -0.25) is 19.2 Å². The molecule has 1 aromatic heterocycles. The van der Waals surface area contributed by atoms with Crippen LogP contribution in [0, 0.1) is 0 Å². The maximum absolute atomic E-state index is 11.7. The first-order valence-corrected chi connectivity index (χ1v) is 17.7. The van der Waals surface area contributed by atoms with Crippen molar-refractivity contribution in [2.45, 2.75) is 57.4 Å². The number of benzene rings is 4. The van der Waals surface area contributed by atoms with Crippen molar-refractivity contribution < 1.29 is 19.4 Å². The van der Waals surface area contributed by atoms with Gasteiger partial charge in [-0.15, -0.1) is 0 Å². The highest BCUT2D eigenvalue weighted by Gasteiger charge is 2.31. The van der Waals surface area contributed by atoms with E-state index in [0.717, 1.165) is 82.3 Å². The van der Waals surface area contributed by atoms with Crippen LogP contribution in [0.1, 0.15) is 42.4 Å². The number of nitrogens with one attached hydrogen (secondary N) is 2. The number of carbonyl (C=O) groups is 2. The van der Waals surface area contributed by atoms with Gasteiger partial charge in [-0.05, 0) is 66.3 Å². The van der Waals surface area contributed by atoms with E-state index in [1.165, 1.54) is 0 Å². The lowest BCUT2D eigenvalue weighted by molar-refractivity contribution is -0.142. The van der Waals surface area contributed by atoms with Crippen molar-refractivity contribution in [1.82, 2.24) is 25.3 Å². The number of amides is 1. The minimum absolute atomic E-state index is 0.131. The number of aromatic nitrogens is 2. The van der Waals surface area contributed by atoms with Crippen molar-refractivity contribution in [2.24, 2.45) is 0 Å². The number of nitrogens with zero attached hydrogens (tertiary/aromatic N) is 3. The number of halogens is 2. The van der Waals surface area contributed by atoms with E-state index in [1.807, 2.05) is 58.2 Å². The number of likely N-dealkylation sites (tertiary alicyclic amines) is 1. The molecule has 5 aromatic rings. The highest BCUT2D eigenvalue weighted by molar-refractivity contribution is 6.36. The molecule has 2 saturated heterocycles. The summed E-state index contributed by atoms with van der Waals surface area (Å²) in [5.41, 5.74) is 7.70. The molecule has 0 spiro atoms. The van der Waals surface area contributed by atoms with E-state index < -0.39 is 12.0 Å². The molecule has 2 unspecified atom stereocenters. The number of carbonyl (C=O) groups excluding carboxylic acids is 1. The average molecular weight is 713 g/mol. The van der Waals surface area contributed by atoms with E-state index in [1.54, 1.807) is 7.11 Å². The van der Waals surface area contributed by atoms with Crippen molar-refractivity contribution in [1.29, 1.82) is 0 Å². The third-order valence-corrected chi connectivity index (χ3v) is 10.6. The third-order valence-electron chi connectivity index (χ3n) is 9.84. The summed E-state index contributed by atoms with van der Waals surface area (Å²) in [6.07, 6.45) is 4.85. The molecule has 258 valence electrons. The highest BCUT2D eigenvalue weighted by Crippen LogP contribution is 2.40. The van der Waals surface area contributed by atoms with Crippen molar-refractivity contribution in [2.75, 3.05) is 20.2 Å². The second-order valence-electron chi connectivity index (χ2n) is 13.1. The molecule has 3 N–H and O–H groups in total. The zero-order valence-corrected chi connectivity index (χ0v) is 29.3. The van der Waals surface area contributed by atoms with Crippen LogP contribution in [0.5, 0.6) is 5.75 Å². The lowest BCUT2D eigenvalue weighted by Gasteiger charge is -2.23. The third kappa shape index (κ3) is 7.09. The smallest absolute Gasteiger partial charge is 0.320 e. The van der Waals surface area contributed by atoms with E-state index in [4.69, 9.17) is 33.0 Å². The number of methoxy groups -OCH3 is 1. The lowest BCUT2D eigenvalue weighted by Crippen LogP contribution is -2.35. The van der Waals surface area contributed by atoms with Gasteiger partial charge in [0, 0.05) is 59.2 Å². The fourth-order valence-electron chi connectivity index (χ4n) is 7.20. The Kier molecular flexibility index (Phi) is 10.1. The number of hydrogen-bond donors (Lipinski definition) is 3. The molecule has 0 bridgehead atoms. The number of carboxylic acids is 1. The van der Waals surface area contributed by atoms with Gasteiger partial charge in [-0.2, -0.15) is 5.10 Å². The summed E-state index contributed by atoms with van der Waals surface area (Å²) in [6.45, 7) is 3.08. The van der Waals surface area contributed by atoms with Gasteiger partial charge in [0.1, 0.15) is 11.8 Å². The normalized spacial score (nSPS) is 17.8. The highest BCUT2D eigenvalue weighted by atomic mass is 35.5. The zero-order chi connectivity index (χ0) is 34.8. The molecule has 3 heterocycles. The summed E-state index contributed by atoms with van der Waals surface area (Å²) in [5, 5.41) is 23.0. The summed E-state index contributed by atoms with van der Waals surface area (Å²) in [5.74, 6) is 0.00405. The van der Waals surface area contributed by atoms with E-state index >= 15 is 0 Å². The standard InChI is InChI=1S/C39H39Cl2N5O4/c1-50-36-18-26(33(40)17-27(36)22-45-16-4-9-35(45)39(48)49)23-46-34-8-3-6-30(32(34)21-43-46)31-7-2-5-29(38(31)41)25-12-10-24(11-13-25)19-42-20-28-14-15-37(47)44-28/h2-3,5-8,10-13,17-18,21,28,35,42H,4,9,14-16,19-20,22-23H2,1H3,(H,44,47)(H,48,49). The molecule has 0 aliphatic carbocycles. The van der Waals surface area contributed by atoms with Crippen LogP contribution in [0.15, 0.2) is 79.0 Å². The first-order valence-electron chi connectivity index (χ1n) is 16.9. The van der Waals surface area contributed by atoms with Crippen molar-refractivity contribution in [3.05, 3.63) is 106 Å². The molecule has 0 radical (unpaired) electrons. The summed E-state index contributed by atoms with van der Waals surface area (Å²) in [4.78, 5) is 25.2. The molecular weight excluding hydrogens is 673 g/mol. The predicted octanol–water partition coefficient (Wildman–Crippen LogP) is 7.15. The average Bonchev–Trinajstić information content (AvgIpc) is 3.87. The van der Waals surface area contributed by atoms with Gasteiger partial charge in [0.25, 0.3) is 0 Å². The van der Waals surface area contributed by atoms with Crippen LogP contribution in [0.4, 0.5) is 0 Å². The Balaban J connectivity index is 1.10. The molecule has 4 aromatic carbocycles. The first-order chi connectivity index (χ1) is 24.3. The maximum Gasteiger partial charge on any atom is 0.320 e. The number of fused-ring (bicyclic) bond motifs is 1. The lowest BCUT2D eigenvalue weighted by atomic mass is 9.96. The van der Waals surface area contributed by atoms with Gasteiger partial charge in [-0.1, -0.05) is 77.8 Å². The summed E-state index contributed by atoms with van der Waals surface area (Å²) in [7, 11) is 1.62. The SMILES string of the molecule is COc1cc(Cn2ncc3c(-c4cccc(-c5ccc(CNCC6CCC(=O)N6)cc5)c4Cl)cccc32)c(Cl)cc1CN1CCCC1C(=O)O. The number of hydrogen-bond acceptors (Lipinski definition) is 6. The van der Waals surface area contributed by atoms with Crippen molar-refractivity contribution >= 4 is 46.0 Å². The second-order valence-corrected chi connectivity index (χ2v) is 13.8. The molecular formula is C39H39Cl2N5O4. The number of aliphatic carboxylic acids is 1. The quantitative estimate of drug-likeness (QED) is 0.126. The van der Waals surface area contributed by atoms with E-state index in [0.29, 0.717) is 41.7 Å². The summed E-state index contributed by atoms with van der Waals surface area (Å²) in [6, 6.07) is 24.1.